The van der Waals surface area contributed by atoms with Crippen LogP contribution in [-0.4, -0.2) is 40.3 Å². The van der Waals surface area contributed by atoms with Crippen molar-refractivity contribution in [3.63, 3.8) is 0 Å². The minimum absolute atomic E-state index is 0.463. The molecule has 150 valence electrons. The van der Waals surface area contributed by atoms with Gasteiger partial charge in [-0.05, 0) is 43.9 Å². The average Bonchev–Trinajstić information content (AvgIpc) is 3.39. The highest BCUT2D eigenvalue weighted by Gasteiger charge is 2.39. The van der Waals surface area contributed by atoms with Crippen molar-refractivity contribution in [2.45, 2.75) is 38.3 Å². The highest BCUT2D eigenvalue weighted by Crippen LogP contribution is 2.30. The number of benzene rings is 1. The Kier molecular flexibility index (Phi) is 4.99. The van der Waals surface area contributed by atoms with Gasteiger partial charge in [0.05, 0.1) is 0 Å². The van der Waals surface area contributed by atoms with Crippen molar-refractivity contribution < 1.29 is 4.52 Å². The quantitative estimate of drug-likeness (QED) is 0.693. The third kappa shape index (κ3) is 3.88. The first-order chi connectivity index (χ1) is 14.3. The Morgan fingerprint density at radius 2 is 2.07 bits per heavy atom. The number of nitrogens with zero attached hydrogens (tertiary/aromatic N) is 4. The highest BCUT2D eigenvalue weighted by atomic mass is 16.5. The molecule has 0 saturated carbocycles. The van der Waals surface area contributed by atoms with Crippen molar-refractivity contribution in [2.75, 3.05) is 18.0 Å². The molecule has 3 unspecified atom stereocenters. The summed E-state index contributed by atoms with van der Waals surface area (Å²) in [5, 5.41) is 3.90. The van der Waals surface area contributed by atoms with Crippen LogP contribution in [0, 0.1) is 12.8 Å². The first-order valence-electron chi connectivity index (χ1n) is 10.3. The number of nitrogens with one attached hydrogen (secondary N) is 2. The smallest absolute Gasteiger partial charge is 0.258 e. The maximum Gasteiger partial charge on any atom is 0.258 e. The van der Waals surface area contributed by atoms with Gasteiger partial charge in [0.2, 0.25) is 0 Å². The van der Waals surface area contributed by atoms with Crippen LogP contribution in [0.4, 0.5) is 5.82 Å². The monoisotopic (exact) mass is 390 g/mol. The number of fused-ring (bicyclic) bond motifs is 1. The predicted octanol–water partition coefficient (Wildman–Crippen LogP) is 2.74. The van der Waals surface area contributed by atoms with Gasteiger partial charge in [0.25, 0.3) is 5.89 Å². The largest absolute Gasteiger partial charge is 0.356 e. The number of anilines is 1. The fourth-order valence-corrected chi connectivity index (χ4v) is 4.49. The lowest BCUT2D eigenvalue weighted by Crippen LogP contribution is -2.46. The number of rotatable bonds is 5. The van der Waals surface area contributed by atoms with Crippen molar-refractivity contribution in [1.82, 2.24) is 26.0 Å². The molecule has 2 saturated heterocycles. The van der Waals surface area contributed by atoms with Crippen LogP contribution < -0.4 is 15.8 Å². The molecule has 2 aliphatic heterocycles. The summed E-state index contributed by atoms with van der Waals surface area (Å²) in [6.45, 7) is 3.81. The third-order valence-corrected chi connectivity index (χ3v) is 6.06. The van der Waals surface area contributed by atoms with E-state index in [1.54, 1.807) is 0 Å². The maximum atomic E-state index is 5.33. The Bertz CT molecular complexity index is 959. The molecule has 0 radical (unpaired) electrons. The second-order valence-corrected chi connectivity index (χ2v) is 7.97. The summed E-state index contributed by atoms with van der Waals surface area (Å²) in [5.41, 5.74) is 9.39. The van der Waals surface area contributed by atoms with Gasteiger partial charge in [-0.1, -0.05) is 35.5 Å². The SMILES string of the molecule is Cc1noc(-c2ccnc(N3CCC4NNC(CCc5ccccc5)C4C3)c2)n1. The zero-order valence-electron chi connectivity index (χ0n) is 16.6. The molecule has 2 N–H and O–H groups in total. The van der Waals surface area contributed by atoms with Gasteiger partial charge >= 0.3 is 0 Å². The standard InChI is InChI=1S/C22H26N6O/c1-15-24-22(29-27-15)17-9-11-23-21(13-17)28-12-10-20-18(14-28)19(25-26-20)8-7-16-5-3-2-4-6-16/h2-6,9,11,13,18-20,25-26H,7-8,10,12,14H2,1H3. The summed E-state index contributed by atoms with van der Waals surface area (Å²) in [4.78, 5) is 11.4. The van der Waals surface area contributed by atoms with E-state index in [2.05, 4.69) is 67.3 Å². The molecule has 0 amide bonds. The molecule has 2 fully saturated rings. The number of aryl methyl sites for hydroxylation is 2. The number of hydrogen-bond donors (Lipinski definition) is 2. The lowest BCUT2D eigenvalue weighted by atomic mass is 9.85. The van der Waals surface area contributed by atoms with Crippen molar-refractivity contribution in [2.24, 2.45) is 5.92 Å². The van der Waals surface area contributed by atoms with Gasteiger partial charge < -0.3 is 9.42 Å². The maximum absolute atomic E-state index is 5.33. The number of hydrogen-bond acceptors (Lipinski definition) is 7. The zero-order valence-corrected chi connectivity index (χ0v) is 16.6. The van der Waals surface area contributed by atoms with Gasteiger partial charge in [-0.15, -0.1) is 0 Å². The molecule has 2 aliphatic rings. The van der Waals surface area contributed by atoms with Crippen LogP contribution in [0.25, 0.3) is 11.5 Å². The average molecular weight is 390 g/mol. The Morgan fingerprint density at radius 3 is 2.90 bits per heavy atom. The van der Waals surface area contributed by atoms with Crippen molar-refractivity contribution in [3.05, 3.63) is 60.0 Å². The number of piperidine rings is 1. The minimum Gasteiger partial charge on any atom is -0.356 e. The summed E-state index contributed by atoms with van der Waals surface area (Å²) < 4.78 is 5.33. The molecule has 0 bridgehead atoms. The summed E-state index contributed by atoms with van der Waals surface area (Å²) in [7, 11) is 0. The highest BCUT2D eigenvalue weighted by molar-refractivity contribution is 5.58. The second-order valence-electron chi connectivity index (χ2n) is 7.97. The van der Waals surface area contributed by atoms with Gasteiger partial charge in [0.15, 0.2) is 5.82 Å². The van der Waals surface area contributed by atoms with Crippen molar-refractivity contribution in [1.29, 1.82) is 0 Å². The molecule has 5 rings (SSSR count). The molecular formula is C22H26N6O. The number of hydrazine groups is 1. The van der Waals surface area contributed by atoms with E-state index in [1.165, 1.54) is 5.56 Å². The molecule has 29 heavy (non-hydrogen) atoms. The molecule has 7 nitrogen and oxygen atoms in total. The number of pyridine rings is 1. The lowest BCUT2D eigenvalue weighted by Gasteiger charge is -2.37. The van der Waals surface area contributed by atoms with E-state index in [0.29, 0.717) is 29.7 Å². The fraction of sp³-hybridized carbons (Fsp3) is 0.409. The van der Waals surface area contributed by atoms with E-state index >= 15 is 0 Å². The van der Waals surface area contributed by atoms with Crippen LogP contribution in [0.1, 0.15) is 24.2 Å². The molecule has 0 aliphatic carbocycles. The summed E-state index contributed by atoms with van der Waals surface area (Å²) >= 11 is 0. The molecule has 4 heterocycles. The molecule has 2 aromatic heterocycles. The van der Waals surface area contributed by atoms with E-state index in [9.17, 15) is 0 Å². The Labute approximate surface area is 170 Å². The third-order valence-electron chi connectivity index (χ3n) is 6.06. The lowest BCUT2D eigenvalue weighted by molar-refractivity contribution is 0.343. The molecular weight excluding hydrogens is 364 g/mol. The van der Waals surface area contributed by atoms with Gasteiger partial charge in [-0.3, -0.25) is 10.9 Å². The van der Waals surface area contributed by atoms with Gasteiger partial charge in [-0.2, -0.15) is 4.98 Å². The second kappa shape index (κ2) is 7.93. The van der Waals surface area contributed by atoms with Gasteiger partial charge in [0.1, 0.15) is 5.82 Å². The van der Waals surface area contributed by atoms with Crippen LogP contribution in [0.2, 0.25) is 0 Å². The van der Waals surface area contributed by atoms with Crippen molar-refractivity contribution >= 4 is 5.82 Å². The number of aromatic nitrogens is 3. The van der Waals surface area contributed by atoms with E-state index in [1.807, 2.05) is 19.2 Å². The first kappa shape index (κ1) is 18.3. The van der Waals surface area contributed by atoms with E-state index in [-0.39, 0.29) is 0 Å². The molecule has 3 atom stereocenters. The molecule has 0 spiro atoms. The summed E-state index contributed by atoms with van der Waals surface area (Å²) in [6, 6.07) is 15.7. The summed E-state index contributed by atoms with van der Waals surface area (Å²) in [6.07, 6.45) is 5.15. The van der Waals surface area contributed by atoms with Gasteiger partial charge in [-0.25, -0.2) is 4.98 Å². The minimum atomic E-state index is 0.463. The van der Waals surface area contributed by atoms with E-state index < -0.39 is 0 Å². The van der Waals surface area contributed by atoms with Crippen LogP contribution >= 0.6 is 0 Å². The molecule has 7 heteroatoms. The fourth-order valence-electron chi connectivity index (χ4n) is 4.49. The predicted molar refractivity (Wildman–Crippen MR) is 111 cm³/mol. The summed E-state index contributed by atoms with van der Waals surface area (Å²) in [5.74, 6) is 2.73. The van der Waals surface area contributed by atoms with Gasteiger partial charge in [0, 0.05) is 42.9 Å². The van der Waals surface area contributed by atoms with E-state index in [4.69, 9.17) is 4.52 Å². The molecule has 3 aromatic rings. The van der Waals surface area contributed by atoms with Crippen LogP contribution in [0.5, 0.6) is 0 Å². The Balaban J connectivity index is 1.28. The Morgan fingerprint density at radius 1 is 1.17 bits per heavy atom. The molecule has 1 aromatic carbocycles. The topological polar surface area (TPSA) is 79.1 Å². The Hall–Kier alpha value is -2.77. The van der Waals surface area contributed by atoms with Crippen LogP contribution in [0.3, 0.4) is 0 Å². The van der Waals surface area contributed by atoms with Crippen LogP contribution in [0.15, 0.2) is 53.2 Å². The first-order valence-corrected chi connectivity index (χ1v) is 10.3. The van der Waals surface area contributed by atoms with E-state index in [0.717, 1.165) is 43.7 Å². The van der Waals surface area contributed by atoms with Crippen LogP contribution in [-0.2, 0) is 6.42 Å². The zero-order chi connectivity index (χ0) is 19.6. The van der Waals surface area contributed by atoms with Crippen molar-refractivity contribution in [3.8, 4) is 11.5 Å². The normalized spacial score (nSPS) is 23.9.